The number of aryl methyl sites for hydroxylation is 2. The maximum atomic E-state index is 8.69. The van der Waals surface area contributed by atoms with Crippen LogP contribution in [-0.4, -0.2) is 0 Å². The summed E-state index contributed by atoms with van der Waals surface area (Å²) in [4.78, 5) is 3.59. The van der Waals surface area contributed by atoms with Gasteiger partial charge >= 0.3 is 0 Å². The van der Waals surface area contributed by atoms with E-state index >= 15 is 0 Å². The van der Waals surface area contributed by atoms with Gasteiger partial charge in [0.15, 0.2) is 11.9 Å². The minimum atomic E-state index is -1.71. The Hall–Kier alpha value is -3.90. The molecular formula is C30H27N2O+. The maximum Gasteiger partial charge on any atom is 0.216 e. The first-order valence-corrected chi connectivity index (χ1v) is 10.7. The van der Waals surface area contributed by atoms with Crippen LogP contribution >= 0.6 is 0 Å². The first kappa shape index (κ1) is 13.6. The third-order valence-electron chi connectivity index (χ3n) is 5.63. The quantitative estimate of drug-likeness (QED) is 0.207. The molecule has 0 aliphatic carbocycles. The van der Waals surface area contributed by atoms with Gasteiger partial charge in [0.05, 0.1) is 20.4 Å². The van der Waals surface area contributed by atoms with Crippen molar-refractivity contribution >= 4 is 27.6 Å². The van der Waals surface area contributed by atoms with Crippen LogP contribution < -0.4 is 4.57 Å². The van der Waals surface area contributed by atoms with Crippen LogP contribution in [0, 0.1) is 19.4 Å². The van der Waals surface area contributed by atoms with Crippen molar-refractivity contribution in [3.8, 4) is 22.4 Å². The summed E-state index contributed by atoms with van der Waals surface area (Å²) in [6.45, 7) is 13.2. The molecule has 3 aromatic carbocycles. The fraction of sp³-hybridized carbons (Fsp3) is 0.200. The van der Waals surface area contributed by atoms with E-state index in [9.17, 15) is 0 Å². The topological polar surface area (TPSA) is 21.4 Å². The minimum Gasteiger partial charge on any atom is -0.456 e. The lowest BCUT2D eigenvalue weighted by Gasteiger charge is -2.08. The fourth-order valence-electron chi connectivity index (χ4n) is 4.21. The van der Waals surface area contributed by atoms with Crippen LogP contribution in [0.15, 0.2) is 77.2 Å². The summed E-state index contributed by atoms with van der Waals surface area (Å²) in [5.41, 5.74) is 3.18. The van der Waals surface area contributed by atoms with Crippen molar-refractivity contribution in [3.63, 3.8) is 0 Å². The molecule has 0 bridgehead atoms. The van der Waals surface area contributed by atoms with Gasteiger partial charge in [-0.05, 0) is 36.4 Å². The Kier molecular flexibility index (Phi) is 3.39. The largest absolute Gasteiger partial charge is 0.456 e. The van der Waals surface area contributed by atoms with Crippen LogP contribution in [0.5, 0.6) is 0 Å². The van der Waals surface area contributed by atoms with E-state index in [2.05, 4.69) is 4.85 Å². The summed E-state index contributed by atoms with van der Waals surface area (Å²) in [6, 6.07) is 6.36. The molecule has 0 N–H and O–H groups in total. The number of furan rings is 1. The first-order chi connectivity index (χ1) is 19.2. The van der Waals surface area contributed by atoms with Crippen LogP contribution in [0.1, 0.15) is 35.9 Å². The number of fused-ring (bicyclic) bond motifs is 3. The molecule has 0 fully saturated rings. The average Bonchev–Trinajstić information content (AvgIpc) is 3.30. The first-order valence-electron chi connectivity index (χ1n) is 14.7. The van der Waals surface area contributed by atoms with E-state index in [4.69, 9.17) is 22.0 Å². The van der Waals surface area contributed by atoms with Gasteiger partial charge in [-0.15, -0.1) is 0 Å². The third-order valence-corrected chi connectivity index (χ3v) is 5.63. The predicted molar refractivity (Wildman–Crippen MR) is 135 cm³/mol. The van der Waals surface area contributed by atoms with Gasteiger partial charge in [-0.2, -0.15) is 0 Å². The average molecular weight is 440 g/mol. The zero-order valence-electron chi connectivity index (χ0n) is 26.8. The molecule has 3 nitrogen and oxygen atoms in total. The zero-order chi connectivity index (χ0) is 30.1. The molecule has 5 aromatic rings. The highest BCUT2D eigenvalue weighted by molar-refractivity contribution is 6.15. The van der Waals surface area contributed by atoms with E-state index < -0.39 is 36.6 Å². The molecule has 3 heteroatoms. The van der Waals surface area contributed by atoms with E-state index in [-0.39, 0.29) is 39.9 Å². The van der Waals surface area contributed by atoms with Crippen molar-refractivity contribution < 1.29 is 20.0 Å². The zero-order valence-corrected chi connectivity index (χ0v) is 18.8. The number of nitrogens with zero attached hydrogens (tertiary/aromatic N) is 2. The summed E-state index contributed by atoms with van der Waals surface area (Å²) < 4.78 is 75.4. The third kappa shape index (κ3) is 3.58. The van der Waals surface area contributed by atoms with E-state index in [1.54, 1.807) is 49.9 Å². The van der Waals surface area contributed by atoms with Gasteiger partial charge in [0.25, 0.3) is 0 Å². The molecule has 0 saturated heterocycles. The van der Waals surface area contributed by atoms with Gasteiger partial charge in [0, 0.05) is 30.7 Å². The Labute approximate surface area is 206 Å². The van der Waals surface area contributed by atoms with Gasteiger partial charge in [0.2, 0.25) is 5.69 Å². The van der Waals surface area contributed by atoms with E-state index in [1.807, 2.05) is 19.1 Å². The summed E-state index contributed by atoms with van der Waals surface area (Å²) in [7, 11) is 1.78. The molecular weight excluding hydrogens is 404 g/mol. The number of rotatable bonds is 4. The van der Waals surface area contributed by atoms with Crippen molar-refractivity contribution in [1.29, 1.82) is 0 Å². The molecule has 0 unspecified atom stereocenters. The van der Waals surface area contributed by atoms with E-state index in [0.717, 1.165) is 5.56 Å². The molecule has 0 amide bonds. The SMILES string of the molecule is [2H]c1cc(-c2c(C)ccc3c2oc2c(-c4c([2H])c([2H])c([2H])c([2H])c4[2H])c([N+]#[C-])ccc23)[n+](C)cc1C([2H])([2H])C(C)C. The van der Waals surface area contributed by atoms with E-state index in [0.29, 0.717) is 27.6 Å². The lowest BCUT2D eigenvalue weighted by molar-refractivity contribution is -0.660. The maximum absolute atomic E-state index is 8.69. The second kappa shape index (κ2) is 8.22. The van der Waals surface area contributed by atoms with Gasteiger partial charge < -0.3 is 4.42 Å². The van der Waals surface area contributed by atoms with Crippen molar-refractivity contribution in [2.45, 2.75) is 27.1 Å². The molecule has 33 heavy (non-hydrogen) atoms. The predicted octanol–water partition coefficient (Wildman–Crippen LogP) is 7.80. The highest BCUT2D eigenvalue weighted by Gasteiger charge is 2.23. The van der Waals surface area contributed by atoms with Crippen molar-refractivity contribution in [2.24, 2.45) is 13.0 Å². The number of hydrogen-bond acceptors (Lipinski definition) is 1. The normalized spacial score (nSPS) is 15.3. The Morgan fingerprint density at radius 1 is 1.00 bits per heavy atom. The number of hydrogen-bond donors (Lipinski definition) is 0. The Morgan fingerprint density at radius 3 is 2.39 bits per heavy atom. The monoisotopic (exact) mass is 439 g/mol. The highest BCUT2D eigenvalue weighted by Crippen LogP contribution is 2.44. The molecule has 2 aromatic heterocycles. The van der Waals surface area contributed by atoms with Crippen LogP contribution in [0.3, 0.4) is 0 Å². The fourth-order valence-corrected chi connectivity index (χ4v) is 4.21. The van der Waals surface area contributed by atoms with Gasteiger partial charge in [0.1, 0.15) is 18.2 Å². The van der Waals surface area contributed by atoms with Crippen LogP contribution in [0.25, 0.3) is 49.2 Å². The van der Waals surface area contributed by atoms with Gasteiger partial charge in [-0.25, -0.2) is 9.41 Å². The van der Waals surface area contributed by atoms with Crippen LogP contribution in [-0.2, 0) is 13.4 Å². The number of aromatic nitrogens is 1. The standard InChI is InChI=1S/C30H27N2O/c1-19(2)17-21-12-16-26(32(5)18-21)27-20(3)11-13-23-24-14-15-25(31-4)28(30(24)33-29(23)27)22-9-7-6-8-10-22/h6-16,18-19H,17H2,1-3,5H3/q+1/i6D,7D,8D,9D,10D,12D,17D2. The number of benzene rings is 3. The van der Waals surface area contributed by atoms with Gasteiger partial charge in [-0.1, -0.05) is 68.3 Å². The lowest BCUT2D eigenvalue weighted by atomic mass is 9.97. The Morgan fingerprint density at radius 2 is 1.70 bits per heavy atom. The van der Waals surface area contributed by atoms with Crippen LogP contribution in [0.2, 0.25) is 0 Å². The molecule has 0 aliphatic heterocycles. The summed E-state index contributed by atoms with van der Waals surface area (Å²) in [5, 5.41) is 1.30. The smallest absolute Gasteiger partial charge is 0.216 e. The molecule has 162 valence electrons. The van der Waals surface area contributed by atoms with Crippen molar-refractivity contribution in [2.75, 3.05) is 0 Å². The number of pyridine rings is 1. The Bertz CT molecular complexity index is 1920. The molecule has 0 radical (unpaired) electrons. The van der Waals surface area contributed by atoms with Crippen molar-refractivity contribution in [1.82, 2.24) is 0 Å². The molecule has 2 heterocycles. The van der Waals surface area contributed by atoms with Crippen molar-refractivity contribution in [3.05, 3.63) is 95.3 Å². The molecule has 0 aliphatic rings. The van der Waals surface area contributed by atoms with Gasteiger partial charge in [-0.3, -0.25) is 0 Å². The molecule has 5 rings (SSSR count). The Balaban J connectivity index is 1.89. The lowest BCUT2D eigenvalue weighted by Crippen LogP contribution is -2.31. The second-order valence-corrected chi connectivity index (χ2v) is 8.31. The molecule has 0 saturated carbocycles. The second-order valence-electron chi connectivity index (χ2n) is 8.31. The highest BCUT2D eigenvalue weighted by atomic mass is 16.3. The minimum absolute atomic E-state index is 0.0550. The molecule has 0 spiro atoms. The summed E-state index contributed by atoms with van der Waals surface area (Å²) in [5.74, 6) is -0.338. The molecule has 0 atom stereocenters. The summed E-state index contributed by atoms with van der Waals surface area (Å²) in [6.07, 6.45) is -0.0728. The van der Waals surface area contributed by atoms with E-state index in [1.165, 1.54) is 0 Å². The summed E-state index contributed by atoms with van der Waals surface area (Å²) >= 11 is 0. The van der Waals surface area contributed by atoms with Crippen LogP contribution in [0.4, 0.5) is 5.69 Å².